The zero-order valence-electron chi connectivity index (χ0n) is 38.5. The van der Waals surface area contributed by atoms with Crippen molar-refractivity contribution in [1.82, 2.24) is 4.57 Å². The summed E-state index contributed by atoms with van der Waals surface area (Å²) in [5, 5.41) is 30.3. The zero-order valence-corrected chi connectivity index (χ0v) is 38.5. The van der Waals surface area contributed by atoms with Crippen molar-refractivity contribution in [3.63, 3.8) is 0 Å². The van der Waals surface area contributed by atoms with Gasteiger partial charge in [0.15, 0.2) is 0 Å². The van der Waals surface area contributed by atoms with Crippen LogP contribution in [0.5, 0.6) is 0 Å². The normalized spacial score (nSPS) is 15.6. The Labute approximate surface area is 408 Å². The second-order valence-corrected chi connectivity index (χ2v) is 18.7. The molecule has 14 rings (SSSR count). The smallest absolute Gasteiger partial charge is 0.135 e. The number of fused-ring (bicyclic) bond motifs is 16. The molecule has 12 aromatic rings. The number of nitrogens with zero attached hydrogens (tertiary/aromatic N) is 4. The van der Waals surface area contributed by atoms with Crippen molar-refractivity contribution in [2.45, 2.75) is 18.9 Å². The molecular formula is C65H40N4O2. The van der Waals surface area contributed by atoms with Crippen LogP contribution in [0.3, 0.4) is 0 Å². The topological polar surface area (TPSA) is 82.0 Å². The van der Waals surface area contributed by atoms with E-state index >= 15 is 0 Å². The van der Waals surface area contributed by atoms with Gasteiger partial charge in [-0.25, -0.2) is 0 Å². The molecular weight excluding hydrogens is 869 g/mol. The maximum atomic E-state index is 11.2. The molecule has 4 heterocycles. The number of nitriles is 2. The first-order valence-corrected chi connectivity index (χ1v) is 23.9. The summed E-state index contributed by atoms with van der Waals surface area (Å²) in [6.07, 6.45) is 6.52. The van der Waals surface area contributed by atoms with E-state index in [2.05, 4.69) is 185 Å². The molecule has 6 heteroatoms. The van der Waals surface area contributed by atoms with E-state index in [1.54, 1.807) is 6.92 Å². The molecule has 2 aliphatic rings. The molecule has 0 spiro atoms. The highest BCUT2D eigenvalue weighted by atomic mass is 16.3. The highest BCUT2D eigenvalue weighted by molar-refractivity contribution is 6.23. The lowest BCUT2D eigenvalue weighted by molar-refractivity contribution is 0.668. The van der Waals surface area contributed by atoms with Crippen LogP contribution < -0.4 is 4.90 Å². The lowest BCUT2D eigenvalue weighted by Gasteiger charge is -2.32. The fraction of sp³-hybridized carbons (Fsp3) is 0.0462. The van der Waals surface area contributed by atoms with Crippen LogP contribution in [0.2, 0.25) is 0 Å². The molecule has 0 bridgehead atoms. The summed E-state index contributed by atoms with van der Waals surface area (Å²) in [6.45, 7) is 6.57. The SMILES string of the molecule is C=C(/C=C(\C(C#N)=C(/C)C#N)n1c2ccc(-c3ccc4oc5ccccc5c4c3)cc2c2c3ccccc3ccc21)N1c2ccc(-c3ccc4oc5ccccc5c4c3)cc2C2c3ccccc3C=CC21. The van der Waals surface area contributed by atoms with Gasteiger partial charge in [0.25, 0.3) is 0 Å². The van der Waals surface area contributed by atoms with Gasteiger partial charge in [0.2, 0.25) is 0 Å². The van der Waals surface area contributed by atoms with Crippen LogP contribution in [-0.2, 0) is 0 Å². The largest absolute Gasteiger partial charge is 0.456 e. The number of hydrogen-bond donors (Lipinski definition) is 0. The van der Waals surface area contributed by atoms with E-state index in [0.29, 0.717) is 17.0 Å². The molecule has 3 aromatic heterocycles. The number of hydrogen-bond acceptors (Lipinski definition) is 5. The summed E-state index contributed by atoms with van der Waals surface area (Å²) < 4.78 is 14.6. The Morgan fingerprint density at radius 1 is 0.549 bits per heavy atom. The third kappa shape index (κ3) is 6.05. The number of rotatable bonds is 6. The van der Waals surface area contributed by atoms with Crippen LogP contribution in [0, 0.1) is 22.7 Å². The van der Waals surface area contributed by atoms with E-state index in [0.717, 1.165) is 104 Å². The van der Waals surface area contributed by atoms with Crippen LogP contribution in [0.25, 0.3) is 110 Å². The molecule has 0 amide bonds. The third-order valence-electron chi connectivity index (χ3n) is 14.9. The van der Waals surface area contributed by atoms with Gasteiger partial charge >= 0.3 is 0 Å². The molecule has 332 valence electrons. The minimum atomic E-state index is -0.110. The lowest BCUT2D eigenvalue weighted by Crippen LogP contribution is -2.33. The number of aromatic nitrogens is 1. The monoisotopic (exact) mass is 908 g/mol. The van der Waals surface area contributed by atoms with Crippen LogP contribution in [0.15, 0.2) is 226 Å². The minimum absolute atomic E-state index is 0.00217. The van der Waals surface area contributed by atoms with Gasteiger partial charge in [-0.1, -0.05) is 134 Å². The Hall–Kier alpha value is -9.62. The summed E-state index contributed by atoms with van der Waals surface area (Å²) in [5.74, 6) is 0.00217. The summed E-state index contributed by atoms with van der Waals surface area (Å²) in [7, 11) is 0. The standard InChI is InChI=1S/C65H40N4O2/c1-38(36-66)54(37-67)59(69-56-26-22-43(35-53(56)65-47-14-6-4-12-41(47)20-28-58(65)69)45-24-30-63-51(33-45)49-16-8-10-18-61(49)71-63)31-39(2)68-55-25-21-42(34-52(55)64-46-13-5-3-11-40(46)19-27-57(64)68)44-23-29-62-50(32-44)48-15-7-9-17-60(48)70-62/h3-35,57,64H,2H2,1H3/b54-38+,59-31+. The maximum Gasteiger partial charge on any atom is 0.135 e. The van der Waals surface area contributed by atoms with Gasteiger partial charge in [-0.15, -0.1) is 0 Å². The van der Waals surface area contributed by atoms with E-state index in [1.165, 1.54) is 16.7 Å². The molecule has 0 saturated carbocycles. The van der Waals surface area contributed by atoms with Crippen molar-refractivity contribution < 1.29 is 8.83 Å². The molecule has 2 unspecified atom stereocenters. The number of para-hydroxylation sites is 2. The van der Waals surface area contributed by atoms with E-state index in [-0.39, 0.29) is 17.5 Å². The quantitative estimate of drug-likeness (QED) is 0.123. The Bertz CT molecular complexity index is 4500. The van der Waals surface area contributed by atoms with Gasteiger partial charge < -0.3 is 18.3 Å². The Balaban J connectivity index is 0.963. The van der Waals surface area contributed by atoms with Gasteiger partial charge in [0.05, 0.1) is 34.4 Å². The van der Waals surface area contributed by atoms with Crippen LogP contribution in [0.4, 0.5) is 5.69 Å². The number of furan rings is 2. The van der Waals surface area contributed by atoms with Crippen LogP contribution >= 0.6 is 0 Å². The summed E-state index contributed by atoms with van der Waals surface area (Å²) >= 11 is 0. The van der Waals surface area contributed by atoms with Crippen molar-refractivity contribution in [1.29, 1.82) is 10.5 Å². The number of benzene rings is 9. The number of anilines is 1. The lowest BCUT2D eigenvalue weighted by atomic mass is 9.80. The number of allylic oxidation sites excluding steroid dienone is 4. The highest BCUT2D eigenvalue weighted by Crippen LogP contribution is 2.52. The second-order valence-electron chi connectivity index (χ2n) is 18.7. The molecule has 0 radical (unpaired) electrons. The van der Waals surface area contributed by atoms with E-state index in [4.69, 9.17) is 15.4 Å². The summed E-state index contributed by atoms with van der Waals surface area (Å²) in [4.78, 5) is 2.32. The van der Waals surface area contributed by atoms with Crippen molar-refractivity contribution in [2.24, 2.45) is 0 Å². The molecule has 2 atom stereocenters. The van der Waals surface area contributed by atoms with E-state index in [9.17, 15) is 10.5 Å². The Morgan fingerprint density at radius 2 is 1.13 bits per heavy atom. The highest BCUT2D eigenvalue weighted by Gasteiger charge is 2.41. The predicted octanol–water partition coefficient (Wildman–Crippen LogP) is 16.8. The Morgan fingerprint density at radius 3 is 1.83 bits per heavy atom. The van der Waals surface area contributed by atoms with Gasteiger partial charge in [-0.05, 0) is 129 Å². The molecule has 0 saturated heterocycles. The molecule has 0 N–H and O–H groups in total. The average Bonchev–Trinajstić information content (AvgIpc) is 4.18. The van der Waals surface area contributed by atoms with Crippen molar-refractivity contribution >= 4 is 93.9 Å². The van der Waals surface area contributed by atoms with E-state index < -0.39 is 0 Å². The molecule has 71 heavy (non-hydrogen) atoms. The molecule has 1 aliphatic heterocycles. The minimum Gasteiger partial charge on any atom is -0.456 e. The molecule has 0 fully saturated rings. The van der Waals surface area contributed by atoms with Gasteiger partial charge in [-0.3, -0.25) is 0 Å². The Kier molecular flexibility index (Phi) is 8.80. The fourth-order valence-corrected chi connectivity index (χ4v) is 11.6. The van der Waals surface area contributed by atoms with Gasteiger partial charge in [-0.2, -0.15) is 10.5 Å². The first kappa shape index (κ1) is 40.4. The molecule has 1 aliphatic carbocycles. The van der Waals surface area contributed by atoms with Crippen molar-refractivity contribution in [3.05, 3.63) is 234 Å². The summed E-state index contributed by atoms with van der Waals surface area (Å²) in [5.41, 5.74) is 16.2. The first-order valence-electron chi connectivity index (χ1n) is 23.9. The summed E-state index contributed by atoms with van der Waals surface area (Å²) in [6, 6.07) is 68.6. The van der Waals surface area contributed by atoms with Crippen LogP contribution in [-0.4, -0.2) is 10.6 Å². The van der Waals surface area contributed by atoms with Gasteiger partial charge in [0.1, 0.15) is 28.4 Å². The van der Waals surface area contributed by atoms with Crippen molar-refractivity contribution in [3.8, 4) is 34.4 Å². The molecule has 6 nitrogen and oxygen atoms in total. The van der Waals surface area contributed by atoms with E-state index in [1.807, 2.05) is 36.4 Å². The third-order valence-corrected chi connectivity index (χ3v) is 14.9. The molecule has 9 aromatic carbocycles. The van der Waals surface area contributed by atoms with Crippen LogP contribution in [0.1, 0.15) is 29.5 Å². The second kappa shape index (κ2) is 15.5. The van der Waals surface area contributed by atoms with Crippen molar-refractivity contribution in [2.75, 3.05) is 4.90 Å². The first-order chi connectivity index (χ1) is 34.9. The fourth-order valence-electron chi connectivity index (χ4n) is 11.6. The maximum absolute atomic E-state index is 11.2. The predicted molar refractivity (Wildman–Crippen MR) is 290 cm³/mol. The average molecular weight is 909 g/mol. The van der Waals surface area contributed by atoms with Gasteiger partial charge in [0, 0.05) is 55.2 Å². The zero-order chi connectivity index (χ0) is 47.5.